The summed E-state index contributed by atoms with van der Waals surface area (Å²) in [4.78, 5) is 15.9. The van der Waals surface area contributed by atoms with Crippen LogP contribution < -0.4 is 0 Å². The molecule has 1 aromatic rings. The monoisotopic (exact) mass is 324 g/mol. The average molecular weight is 325 g/mol. The van der Waals surface area contributed by atoms with Crippen molar-refractivity contribution >= 4 is 21.8 Å². The van der Waals surface area contributed by atoms with Crippen LogP contribution in [-0.2, 0) is 4.79 Å². The van der Waals surface area contributed by atoms with Gasteiger partial charge in [-0.1, -0.05) is 28.1 Å². The predicted octanol–water partition coefficient (Wildman–Crippen LogP) is 3.06. The molecule has 0 radical (unpaired) electrons. The van der Waals surface area contributed by atoms with Gasteiger partial charge in [-0.3, -0.25) is 9.69 Å². The van der Waals surface area contributed by atoms with E-state index in [0.717, 1.165) is 37.1 Å². The van der Waals surface area contributed by atoms with E-state index in [1.165, 1.54) is 5.56 Å². The minimum Gasteiger partial charge on any atom is -0.342 e. The molecule has 1 fully saturated rings. The molecule has 2 rings (SSSR count). The lowest BCUT2D eigenvalue weighted by Crippen LogP contribution is -2.34. The van der Waals surface area contributed by atoms with Crippen molar-refractivity contribution in [3.05, 3.63) is 34.3 Å². The Labute approximate surface area is 123 Å². The van der Waals surface area contributed by atoms with Gasteiger partial charge < -0.3 is 4.90 Å². The Morgan fingerprint density at radius 3 is 2.47 bits per heavy atom. The summed E-state index contributed by atoms with van der Waals surface area (Å²) in [6.07, 6.45) is 1.06. The van der Waals surface area contributed by atoms with Crippen LogP contribution in [0, 0.1) is 0 Å². The molecule has 1 heterocycles. The molecule has 1 saturated heterocycles. The lowest BCUT2D eigenvalue weighted by atomic mass is 10.1. The van der Waals surface area contributed by atoms with Gasteiger partial charge >= 0.3 is 0 Å². The van der Waals surface area contributed by atoms with Crippen molar-refractivity contribution in [2.75, 3.05) is 26.2 Å². The number of halogens is 1. The van der Waals surface area contributed by atoms with Crippen LogP contribution >= 0.6 is 15.9 Å². The van der Waals surface area contributed by atoms with Crippen LogP contribution in [0.5, 0.6) is 0 Å². The van der Waals surface area contributed by atoms with Crippen LogP contribution in [-0.4, -0.2) is 41.9 Å². The van der Waals surface area contributed by atoms with Gasteiger partial charge in [0.2, 0.25) is 5.91 Å². The zero-order valence-electron chi connectivity index (χ0n) is 11.6. The van der Waals surface area contributed by atoms with Crippen molar-refractivity contribution in [2.24, 2.45) is 0 Å². The molecule has 1 aliphatic rings. The quantitative estimate of drug-likeness (QED) is 0.834. The molecular weight excluding hydrogens is 304 g/mol. The number of hydrogen-bond donors (Lipinski definition) is 0. The van der Waals surface area contributed by atoms with Gasteiger partial charge in [0.15, 0.2) is 0 Å². The number of carbonyl (C=O) groups is 1. The smallest absolute Gasteiger partial charge is 0.219 e. The fourth-order valence-electron chi connectivity index (χ4n) is 2.59. The van der Waals surface area contributed by atoms with E-state index in [1.54, 1.807) is 6.92 Å². The minimum absolute atomic E-state index is 0.193. The van der Waals surface area contributed by atoms with Crippen LogP contribution in [0.2, 0.25) is 0 Å². The van der Waals surface area contributed by atoms with Gasteiger partial charge in [-0.05, 0) is 31.0 Å². The van der Waals surface area contributed by atoms with Crippen molar-refractivity contribution in [1.29, 1.82) is 0 Å². The largest absolute Gasteiger partial charge is 0.342 e. The Balaban J connectivity index is 2.01. The van der Waals surface area contributed by atoms with Gasteiger partial charge in [0.05, 0.1) is 0 Å². The van der Waals surface area contributed by atoms with Gasteiger partial charge in [0.1, 0.15) is 0 Å². The van der Waals surface area contributed by atoms with Crippen LogP contribution in [0.4, 0.5) is 0 Å². The van der Waals surface area contributed by atoms with E-state index in [2.05, 4.69) is 52.0 Å². The summed E-state index contributed by atoms with van der Waals surface area (Å²) in [6.45, 7) is 7.65. The lowest BCUT2D eigenvalue weighted by Gasteiger charge is -2.28. The molecule has 3 nitrogen and oxygen atoms in total. The van der Waals surface area contributed by atoms with Gasteiger partial charge in [-0.2, -0.15) is 0 Å². The normalized spacial score (nSPS) is 19.0. The third-order valence-electron chi connectivity index (χ3n) is 3.88. The van der Waals surface area contributed by atoms with Gasteiger partial charge in [0, 0.05) is 43.6 Å². The highest BCUT2D eigenvalue weighted by atomic mass is 79.9. The summed E-state index contributed by atoms with van der Waals surface area (Å²) in [5.41, 5.74) is 1.33. The highest BCUT2D eigenvalue weighted by molar-refractivity contribution is 9.10. The van der Waals surface area contributed by atoms with E-state index < -0.39 is 0 Å². The van der Waals surface area contributed by atoms with E-state index in [0.29, 0.717) is 6.04 Å². The fourth-order valence-corrected chi connectivity index (χ4v) is 2.86. The molecule has 0 spiro atoms. The van der Waals surface area contributed by atoms with Crippen molar-refractivity contribution in [3.63, 3.8) is 0 Å². The molecule has 0 aliphatic carbocycles. The summed E-state index contributed by atoms with van der Waals surface area (Å²) in [5.74, 6) is 0.193. The van der Waals surface area contributed by atoms with Crippen LogP contribution in [0.3, 0.4) is 0 Å². The molecule has 0 bridgehead atoms. The highest BCUT2D eigenvalue weighted by Gasteiger charge is 2.21. The van der Waals surface area contributed by atoms with Crippen molar-refractivity contribution in [1.82, 2.24) is 9.80 Å². The third-order valence-corrected chi connectivity index (χ3v) is 4.40. The first-order valence-electron chi connectivity index (χ1n) is 6.83. The number of carbonyl (C=O) groups excluding carboxylic acids is 1. The predicted molar refractivity (Wildman–Crippen MR) is 81.0 cm³/mol. The first-order valence-corrected chi connectivity index (χ1v) is 7.62. The summed E-state index contributed by atoms with van der Waals surface area (Å²) in [7, 11) is 0. The van der Waals surface area contributed by atoms with E-state index in [-0.39, 0.29) is 5.91 Å². The minimum atomic E-state index is 0.193. The molecule has 1 amide bonds. The number of rotatable bonds is 2. The lowest BCUT2D eigenvalue weighted by molar-refractivity contribution is -0.128. The van der Waals surface area contributed by atoms with Crippen molar-refractivity contribution in [2.45, 2.75) is 26.3 Å². The van der Waals surface area contributed by atoms with Crippen molar-refractivity contribution < 1.29 is 4.79 Å². The van der Waals surface area contributed by atoms with Gasteiger partial charge in [0.25, 0.3) is 0 Å². The van der Waals surface area contributed by atoms with Crippen LogP contribution in [0.25, 0.3) is 0 Å². The molecule has 0 saturated carbocycles. The molecule has 4 heteroatoms. The average Bonchev–Trinajstić information content (AvgIpc) is 2.64. The molecule has 104 valence electrons. The molecule has 0 aromatic heterocycles. The first-order chi connectivity index (χ1) is 9.08. The first kappa shape index (κ1) is 14.5. The molecule has 1 aromatic carbocycles. The summed E-state index contributed by atoms with van der Waals surface area (Å²) in [5, 5.41) is 0. The fraction of sp³-hybridized carbons (Fsp3) is 0.533. The molecule has 0 unspecified atom stereocenters. The van der Waals surface area contributed by atoms with Crippen LogP contribution in [0.15, 0.2) is 28.7 Å². The molecule has 1 aliphatic heterocycles. The maximum absolute atomic E-state index is 11.4. The number of hydrogen-bond acceptors (Lipinski definition) is 2. The van der Waals surface area contributed by atoms with Gasteiger partial charge in [-0.15, -0.1) is 0 Å². The van der Waals surface area contributed by atoms with Crippen LogP contribution in [0.1, 0.15) is 31.9 Å². The Kier molecular flexibility index (Phi) is 4.99. The highest BCUT2D eigenvalue weighted by Crippen LogP contribution is 2.23. The second-order valence-corrected chi connectivity index (χ2v) is 6.04. The van der Waals surface area contributed by atoms with E-state index in [4.69, 9.17) is 0 Å². The number of nitrogens with zero attached hydrogens (tertiary/aromatic N) is 2. The van der Waals surface area contributed by atoms with Gasteiger partial charge in [-0.25, -0.2) is 0 Å². The molecule has 19 heavy (non-hydrogen) atoms. The second-order valence-electron chi connectivity index (χ2n) is 5.12. The Morgan fingerprint density at radius 2 is 1.84 bits per heavy atom. The van der Waals surface area contributed by atoms with E-state index >= 15 is 0 Å². The zero-order valence-corrected chi connectivity index (χ0v) is 13.2. The van der Waals surface area contributed by atoms with E-state index in [9.17, 15) is 4.79 Å². The van der Waals surface area contributed by atoms with E-state index in [1.807, 2.05) is 4.90 Å². The topological polar surface area (TPSA) is 23.6 Å². The number of benzene rings is 1. The summed E-state index contributed by atoms with van der Waals surface area (Å²) >= 11 is 3.47. The maximum Gasteiger partial charge on any atom is 0.219 e. The number of amides is 1. The Hall–Kier alpha value is -0.870. The zero-order chi connectivity index (χ0) is 13.8. The molecule has 0 N–H and O–H groups in total. The maximum atomic E-state index is 11.4. The van der Waals surface area contributed by atoms with Crippen molar-refractivity contribution in [3.8, 4) is 0 Å². The second kappa shape index (κ2) is 6.53. The summed E-state index contributed by atoms with van der Waals surface area (Å²) in [6, 6.07) is 8.92. The standard InChI is InChI=1S/C15H21BrN2O/c1-12(14-4-6-15(16)7-5-14)17-8-3-9-18(11-10-17)13(2)19/h4-7,12H,3,8-11H2,1-2H3/t12-/m1/s1. The Morgan fingerprint density at radius 1 is 1.16 bits per heavy atom. The summed E-state index contributed by atoms with van der Waals surface area (Å²) < 4.78 is 1.11. The third kappa shape index (κ3) is 3.80. The molecular formula is C15H21BrN2O. The SMILES string of the molecule is CC(=O)N1CCCN([C@H](C)c2ccc(Br)cc2)CC1. The Bertz CT molecular complexity index is 432. The molecule has 1 atom stereocenters.